The largest absolute Gasteiger partial charge is 0.513 e. The van der Waals surface area contributed by atoms with Gasteiger partial charge in [-0.1, -0.05) is 13.2 Å². The molecule has 0 fully saturated rings. The van der Waals surface area contributed by atoms with E-state index in [1.807, 2.05) is 0 Å². The van der Waals surface area contributed by atoms with Crippen molar-refractivity contribution in [3.05, 3.63) is 79.6 Å². The topological polar surface area (TPSA) is 114 Å². The quantitative estimate of drug-likeness (QED) is 0.0641. The number of hydrogen-bond acceptors (Lipinski definition) is 10. The van der Waals surface area contributed by atoms with Crippen molar-refractivity contribution in [1.29, 1.82) is 0 Å². The number of unbranched alkanes of at least 4 members (excludes halogenated alkanes) is 1. The molecule has 0 aliphatic carbocycles. The second kappa shape index (κ2) is 15.8. The van der Waals surface area contributed by atoms with Crippen LogP contribution in [0.4, 0.5) is 4.79 Å². The third-order valence-electron chi connectivity index (χ3n) is 4.28. The van der Waals surface area contributed by atoms with Crippen LogP contribution >= 0.6 is 11.8 Å². The molecule has 0 amide bonds. The summed E-state index contributed by atoms with van der Waals surface area (Å²) >= 11 is 1.02. The fourth-order valence-corrected chi connectivity index (χ4v) is 3.29. The maximum atomic E-state index is 12.5. The van der Waals surface area contributed by atoms with Crippen LogP contribution in [0.2, 0.25) is 0 Å². The highest BCUT2D eigenvalue weighted by Crippen LogP contribution is 2.26. The summed E-state index contributed by atoms with van der Waals surface area (Å²) in [6, 6.07) is 13.0. The molecule has 0 heterocycles. The summed E-state index contributed by atoms with van der Waals surface area (Å²) in [5.74, 6) is -0.145. The fourth-order valence-electron chi connectivity index (χ4n) is 2.55. The Morgan fingerprint density at radius 2 is 1.44 bits per heavy atom. The second-order valence-corrected chi connectivity index (χ2v) is 7.97. The molecule has 0 aliphatic rings. The molecule has 2 rings (SSSR count). The molecule has 0 spiro atoms. The van der Waals surface area contributed by atoms with Gasteiger partial charge in [0.15, 0.2) is 0 Å². The molecule has 0 bridgehead atoms. The Balaban J connectivity index is 1.71. The van der Waals surface area contributed by atoms with Crippen LogP contribution in [0.25, 0.3) is 0 Å². The van der Waals surface area contributed by atoms with Gasteiger partial charge in [0.2, 0.25) is 5.12 Å². The van der Waals surface area contributed by atoms with Crippen LogP contribution in [0.15, 0.2) is 78.9 Å². The van der Waals surface area contributed by atoms with Crippen LogP contribution in [-0.4, -0.2) is 43.0 Å². The van der Waals surface area contributed by atoms with Crippen molar-refractivity contribution in [2.45, 2.75) is 24.2 Å². The zero-order valence-corrected chi connectivity index (χ0v) is 20.3. The SMILES string of the molecule is C=COC(=O)CCOc1ccc(C(=O)Sc2ccc(OC(=O)OCCCCOC(=O)C=C)cc2)cc1. The van der Waals surface area contributed by atoms with Gasteiger partial charge in [0.25, 0.3) is 0 Å². The minimum Gasteiger partial charge on any atom is -0.493 e. The van der Waals surface area contributed by atoms with E-state index >= 15 is 0 Å². The lowest BCUT2D eigenvalue weighted by Crippen LogP contribution is -2.12. The van der Waals surface area contributed by atoms with Gasteiger partial charge >= 0.3 is 18.1 Å². The number of hydrogen-bond donors (Lipinski definition) is 0. The maximum Gasteiger partial charge on any atom is 0.513 e. The first-order valence-corrected chi connectivity index (χ1v) is 11.7. The lowest BCUT2D eigenvalue weighted by atomic mass is 10.2. The van der Waals surface area contributed by atoms with E-state index < -0.39 is 18.1 Å². The van der Waals surface area contributed by atoms with E-state index in [-0.39, 0.29) is 37.1 Å². The van der Waals surface area contributed by atoms with Crippen molar-refractivity contribution in [3.63, 3.8) is 0 Å². The van der Waals surface area contributed by atoms with Gasteiger partial charge < -0.3 is 23.7 Å². The number of carbonyl (C=O) groups is 4. The van der Waals surface area contributed by atoms with Crippen molar-refractivity contribution in [2.24, 2.45) is 0 Å². The summed E-state index contributed by atoms with van der Waals surface area (Å²) in [6.07, 6.45) is 2.42. The molecule has 36 heavy (non-hydrogen) atoms. The van der Waals surface area contributed by atoms with Gasteiger partial charge in [-0.15, -0.1) is 0 Å². The van der Waals surface area contributed by atoms with Gasteiger partial charge in [0, 0.05) is 16.5 Å². The fraction of sp³-hybridized carbons (Fsp3) is 0.231. The maximum absolute atomic E-state index is 12.5. The Kier molecular flexibility index (Phi) is 12.4. The molecular formula is C26H26O9S. The van der Waals surface area contributed by atoms with E-state index in [0.29, 0.717) is 29.1 Å². The molecule has 0 unspecified atom stereocenters. The highest BCUT2D eigenvalue weighted by molar-refractivity contribution is 8.14. The summed E-state index contributed by atoms with van der Waals surface area (Å²) in [4.78, 5) is 47.1. The summed E-state index contributed by atoms with van der Waals surface area (Å²) in [5.41, 5.74) is 0.474. The van der Waals surface area contributed by atoms with Crippen molar-refractivity contribution in [3.8, 4) is 11.5 Å². The molecule has 0 N–H and O–H groups in total. The average molecular weight is 515 g/mol. The van der Waals surface area contributed by atoms with Gasteiger partial charge in [-0.05, 0) is 73.1 Å². The normalized spacial score (nSPS) is 10.0. The van der Waals surface area contributed by atoms with Crippen LogP contribution in [-0.2, 0) is 23.8 Å². The molecule has 0 radical (unpaired) electrons. The number of thioether (sulfide) groups is 1. The van der Waals surface area contributed by atoms with Gasteiger partial charge in [-0.3, -0.25) is 9.59 Å². The van der Waals surface area contributed by atoms with Gasteiger partial charge in [-0.2, -0.15) is 0 Å². The van der Waals surface area contributed by atoms with Gasteiger partial charge in [0.1, 0.15) is 11.5 Å². The Hall–Kier alpha value is -4.05. The molecule has 9 nitrogen and oxygen atoms in total. The summed E-state index contributed by atoms with van der Waals surface area (Å²) in [6.45, 7) is 7.08. The first-order chi connectivity index (χ1) is 17.4. The number of benzene rings is 2. The van der Waals surface area contributed by atoms with Crippen LogP contribution in [0.1, 0.15) is 29.6 Å². The van der Waals surface area contributed by atoms with Crippen LogP contribution in [0.5, 0.6) is 11.5 Å². The lowest BCUT2D eigenvalue weighted by Gasteiger charge is -2.07. The van der Waals surface area contributed by atoms with E-state index in [1.54, 1.807) is 48.5 Å². The molecule has 0 aliphatic heterocycles. The van der Waals surface area contributed by atoms with Crippen molar-refractivity contribution in [1.82, 2.24) is 0 Å². The first-order valence-electron chi connectivity index (χ1n) is 10.9. The van der Waals surface area contributed by atoms with Crippen LogP contribution in [0, 0.1) is 0 Å². The van der Waals surface area contributed by atoms with E-state index in [2.05, 4.69) is 17.9 Å². The zero-order valence-electron chi connectivity index (χ0n) is 19.5. The molecule has 0 atom stereocenters. The third kappa shape index (κ3) is 10.9. The van der Waals surface area contributed by atoms with Crippen molar-refractivity contribution in [2.75, 3.05) is 19.8 Å². The summed E-state index contributed by atoms with van der Waals surface area (Å²) in [5, 5.41) is -0.178. The number of carbonyl (C=O) groups excluding carboxylic acids is 4. The molecule has 190 valence electrons. The monoisotopic (exact) mass is 514 g/mol. The molecule has 2 aromatic carbocycles. The Morgan fingerprint density at radius 3 is 2.08 bits per heavy atom. The number of esters is 2. The predicted octanol–water partition coefficient (Wildman–Crippen LogP) is 5.10. The molecule has 0 saturated heterocycles. The third-order valence-corrected chi connectivity index (χ3v) is 5.21. The molecule has 0 saturated carbocycles. The van der Waals surface area contributed by atoms with Crippen molar-refractivity contribution >= 4 is 35.0 Å². The van der Waals surface area contributed by atoms with E-state index in [4.69, 9.17) is 18.9 Å². The Labute approximate surface area is 213 Å². The van der Waals surface area contributed by atoms with E-state index in [0.717, 1.165) is 24.1 Å². The minimum atomic E-state index is -0.852. The van der Waals surface area contributed by atoms with Crippen molar-refractivity contribution < 1.29 is 42.9 Å². The summed E-state index contributed by atoms with van der Waals surface area (Å²) in [7, 11) is 0. The molecule has 10 heteroatoms. The number of ether oxygens (including phenoxy) is 5. The van der Waals surface area contributed by atoms with Gasteiger partial charge in [-0.25, -0.2) is 9.59 Å². The first kappa shape index (κ1) is 28.2. The highest BCUT2D eigenvalue weighted by atomic mass is 32.2. The summed E-state index contributed by atoms with van der Waals surface area (Å²) < 4.78 is 24.9. The smallest absolute Gasteiger partial charge is 0.493 e. The van der Waals surface area contributed by atoms with Gasteiger partial charge in [0.05, 0.1) is 32.5 Å². The molecule has 2 aromatic rings. The van der Waals surface area contributed by atoms with Crippen LogP contribution < -0.4 is 9.47 Å². The molecular weight excluding hydrogens is 488 g/mol. The standard InChI is InChI=1S/C26H26O9S/c1-3-23(27)33-16-5-6-17-34-26(30)35-21-11-13-22(14-12-21)36-25(29)19-7-9-20(10-8-19)32-18-15-24(28)31-4-2/h3-4,7-14H,1-2,5-6,15-18H2. The average Bonchev–Trinajstić information content (AvgIpc) is 2.87. The Bertz CT molecular complexity index is 1050. The van der Waals surface area contributed by atoms with E-state index in [1.165, 1.54) is 0 Å². The molecule has 0 aromatic heterocycles. The van der Waals surface area contributed by atoms with Crippen LogP contribution in [0.3, 0.4) is 0 Å². The highest BCUT2D eigenvalue weighted by Gasteiger charge is 2.11. The number of rotatable bonds is 14. The Morgan fingerprint density at radius 1 is 0.806 bits per heavy atom. The predicted molar refractivity (Wildman–Crippen MR) is 132 cm³/mol. The lowest BCUT2D eigenvalue weighted by molar-refractivity contribution is -0.139. The second-order valence-electron chi connectivity index (χ2n) is 6.92. The van der Waals surface area contributed by atoms with E-state index in [9.17, 15) is 19.2 Å². The zero-order chi connectivity index (χ0) is 26.2. The minimum absolute atomic E-state index is 0.0784.